The molecule has 0 amide bonds. The minimum Gasteiger partial charge on any atom is -0.455 e. The Morgan fingerprint density at radius 3 is 1.68 bits per heavy atom. The van der Waals surface area contributed by atoms with Crippen molar-refractivity contribution in [1.82, 2.24) is 15.0 Å². The van der Waals surface area contributed by atoms with E-state index >= 15 is 0 Å². The van der Waals surface area contributed by atoms with E-state index < -0.39 is 72.3 Å². The molecular weight excluding hydrogens is 757 g/mol. The van der Waals surface area contributed by atoms with Gasteiger partial charge in [0, 0.05) is 65.2 Å². The van der Waals surface area contributed by atoms with Crippen molar-refractivity contribution >= 4 is 21.9 Å². The number of rotatable bonds is 13. The molecule has 0 bridgehead atoms. The molecule has 5 aromatic carbocycles. The molecule has 0 aliphatic carbocycles. The highest BCUT2D eigenvalue weighted by Gasteiger charge is 2.19. The van der Waals surface area contributed by atoms with Crippen molar-refractivity contribution in [2.24, 2.45) is 5.41 Å². The van der Waals surface area contributed by atoms with Crippen LogP contribution in [0, 0.1) is 16.7 Å². The Balaban J connectivity index is 1.22. The van der Waals surface area contributed by atoms with Crippen LogP contribution in [0.5, 0.6) is 0 Å². The summed E-state index contributed by atoms with van der Waals surface area (Å²) >= 11 is 0. The van der Waals surface area contributed by atoms with Crippen LogP contribution in [-0.2, 0) is 44.6 Å². The van der Waals surface area contributed by atoms with E-state index in [-0.39, 0.29) is 62.1 Å². The van der Waals surface area contributed by atoms with Gasteiger partial charge in [0.05, 0.1) is 31.5 Å². The molecule has 0 atom stereocenters. The van der Waals surface area contributed by atoms with E-state index in [4.69, 9.17) is 7.16 Å². The third kappa shape index (κ3) is 9.41. The summed E-state index contributed by atoms with van der Waals surface area (Å²) in [6.07, 6.45) is -18.3. The number of benzene rings is 5. The van der Waals surface area contributed by atoms with Gasteiger partial charge in [-0.25, -0.2) is 0 Å². The van der Waals surface area contributed by atoms with Gasteiger partial charge in [0.25, 0.3) is 0 Å². The van der Waals surface area contributed by atoms with Gasteiger partial charge in [0.2, 0.25) is 0 Å². The lowest BCUT2D eigenvalue weighted by atomic mass is 9.85. The average molecular weight is 823 g/mol. The fraction of sp³-hybridized carbons (Fsp3) is 0.193. The molecule has 5 nitrogen and oxygen atoms in total. The lowest BCUT2D eigenvalue weighted by Crippen LogP contribution is -2.12. The fourth-order valence-electron chi connectivity index (χ4n) is 6.91. The molecule has 5 heteroatoms. The smallest absolute Gasteiger partial charge is 0.144 e. The van der Waals surface area contributed by atoms with E-state index in [1.54, 1.807) is 87.5 Å². The van der Waals surface area contributed by atoms with Crippen LogP contribution in [0.15, 0.2) is 169 Å². The largest absolute Gasteiger partial charge is 0.455 e. The molecule has 0 aliphatic heterocycles. The number of nitrogens with zero attached hydrogens (tertiary/aromatic N) is 4. The summed E-state index contributed by atoms with van der Waals surface area (Å²) in [5.41, 5.74) is -2.03. The molecule has 0 N–H and O–H groups in total. The van der Waals surface area contributed by atoms with Crippen molar-refractivity contribution in [2.75, 3.05) is 0 Å². The van der Waals surface area contributed by atoms with Gasteiger partial charge in [-0.05, 0) is 131 Å². The van der Waals surface area contributed by atoms with Crippen molar-refractivity contribution in [2.45, 2.75) is 65.4 Å². The predicted octanol–water partition coefficient (Wildman–Crippen LogP) is 13.6. The Hall–Kier alpha value is -7.16. The number of hydrogen-bond donors (Lipinski definition) is 0. The van der Waals surface area contributed by atoms with Crippen LogP contribution in [0.25, 0.3) is 55.7 Å². The van der Waals surface area contributed by atoms with Gasteiger partial charge in [0.15, 0.2) is 0 Å². The van der Waals surface area contributed by atoms with Crippen LogP contribution < -0.4 is 0 Å². The first-order valence-electron chi connectivity index (χ1n) is 28.0. The highest BCUT2D eigenvalue weighted by Crippen LogP contribution is 2.37. The zero-order valence-electron chi connectivity index (χ0n) is 50.1. The van der Waals surface area contributed by atoms with Crippen LogP contribution in [0.4, 0.5) is 0 Å². The molecular formula is C57H50N4O. The summed E-state index contributed by atoms with van der Waals surface area (Å²) in [6.45, 7) is 4.71. The Morgan fingerprint density at radius 1 is 0.565 bits per heavy atom. The number of fused-ring (bicyclic) bond motifs is 3. The van der Waals surface area contributed by atoms with Gasteiger partial charge in [-0.15, -0.1) is 0 Å². The number of furan rings is 1. The third-order valence-electron chi connectivity index (χ3n) is 9.78. The summed E-state index contributed by atoms with van der Waals surface area (Å²) in [4.78, 5) is 13.4. The number of para-hydroxylation sites is 1. The van der Waals surface area contributed by atoms with Crippen molar-refractivity contribution in [3.05, 3.63) is 209 Å². The van der Waals surface area contributed by atoms with E-state index in [1.807, 2.05) is 18.2 Å². The quantitative estimate of drug-likeness (QED) is 0.116. The molecule has 0 radical (unpaired) electrons. The van der Waals surface area contributed by atoms with Gasteiger partial charge >= 0.3 is 0 Å². The number of pyridine rings is 3. The second kappa shape index (κ2) is 17.8. The average Bonchev–Trinajstić information content (AvgIpc) is 3.97. The molecule has 0 fully saturated rings. The minimum absolute atomic E-state index is 0.0498. The molecule has 0 unspecified atom stereocenters. The first kappa shape index (κ1) is 25.6. The Bertz CT molecular complexity index is 3670. The number of nitriles is 1. The van der Waals surface area contributed by atoms with Gasteiger partial charge < -0.3 is 4.42 Å². The van der Waals surface area contributed by atoms with Crippen molar-refractivity contribution in [1.29, 1.82) is 5.26 Å². The molecule has 9 rings (SSSR count). The molecule has 0 saturated heterocycles. The lowest BCUT2D eigenvalue weighted by molar-refractivity contribution is 0.409. The molecule has 4 heterocycles. The van der Waals surface area contributed by atoms with E-state index in [1.165, 1.54) is 36.4 Å². The Labute approximate surface area is 387 Å². The summed E-state index contributed by atoms with van der Waals surface area (Å²) in [5.74, 6) is 0. The maximum Gasteiger partial charge on any atom is 0.144 e. The SMILES string of the molecule is [2H]c1cc2oc3c(-c4cc(C([2H])([2H])C(C)(C)C)c(C([2H])([2H])C([2H])([2H])c5cc(C([2H])([2H])C([2H])([2H])c6ccc(-c7ccccc7)nc6)cc(C([2H])([2H])C([2H])([2H])c6ccc(-c7ccccc7)nc6)c5)cn4)cccc3c2c([2H])c1C#N. The highest BCUT2D eigenvalue weighted by molar-refractivity contribution is 6.09. The minimum atomic E-state index is -3.39. The zero-order valence-corrected chi connectivity index (χ0v) is 34.1. The van der Waals surface area contributed by atoms with E-state index in [0.717, 1.165) is 36.8 Å². The van der Waals surface area contributed by atoms with Gasteiger partial charge in [-0.3, -0.25) is 15.0 Å². The van der Waals surface area contributed by atoms with E-state index in [2.05, 4.69) is 15.0 Å². The maximum atomic E-state index is 9.79. The molecule has 62 heavy (non-hydrogen) atoms. The van der Waals surface area contributed by atoms with Crippen molar-refractivity contribution in [3.8, 4) is 39.8 Å². The molecule has 0 saturated carbocycles. The van der Waals surface area contributed by atoms with E-state index in [0.29, 0.717) is 27.9 Å². The predicted molar refractivity (Wildman–Crippen MR) is 253 cm³/mol. The first-order valence-corrected chi connectivity index (χ1v) is 20.0. The second-order valence-corrected chi connectivity index (χ2v) is 15.6. The number of aryl methyl sites for hydroxylation is 6. The van der Waals surface area contributed by atoms with Crippen LogP contribution in [0.1, 0.15) is 87.2 Å². The topological polar surface area (TPSA) is 75.6 Å². The van der Waals surface area contributed by atoms with Crippen LogP contribution in [-0.4, -0.2) is 15.0 Å². The van der Waals surface area contributed by atoms with Gasteiger partial charge in [0.1, 0.15) is 11.2 Å². The molecule has 0 spiro atoms. The summed E-state index contributed by atoms with van der Waals surface area (Å²) in [5, 5.41) is 10.4. The van der Waals surface area contributed by atoms with Crippen LogP contribution >= 0.6 is 0 Å². The molecule has 9 aromatic rings. The van der Waals surface area contributed by atoms with E-state index in [9.17, 15) is 24.5 Å². The van der Waals surface area contributed by atoms with Gasteiger partial charge in [-0.1, -0.05) is 124 Å². The van der Waals surface area contributed by atoms with Crippen LogP contribution in [0.3, 0.4) is 0 Å². The third-order valence-corrected chi connectivity index (χ3v) is 9.78. The first-order chi connectivity index (χ1) is 36.4. The molecule has 0 aliphatic rings. The monoisotopic (exact) mass is 822 g/mol. The molecule has 304 valence electrons. The van der Waals surface area contributed by atoms with Crippen LogP contribution in [0.2, 0.25) is 0 Å². The molecule has 4 aromatic heterocycles. The Kier molecular flexibility index (Phi) is 7.35. The fourth-order valence-corrected chi connectivity index (χ4v) is 6.91. The summed E-state index contributed by atoms with van der Waals surface area (Å²) in [6, 6.07) is 35.2. The lowest BCUT2D eigenvalue weighted by Gasteiger charge is -2.21. The normalized spacial score (nSPS) is 17.0. The summed E-state index contributed by atoms with van der Waals surface area (Å²) in [7, 11) is 0. The Morgan fingerprint density at radius 2 is 1.13 bits per heavy atom. The van der Waals surface area contributed by atoms with Crippen molar-refractivity contribution < 1.29 is 26.3 Å². The zero-order chi connectivity index (χ0) is 56.8. The maximum absolute atomic E-state index is 9.79. The van der Waals surface area contributed by atoms with Gasteiger partial charge in [-0.2, -0.15) is 5.26 Å². The van der Waals surface area contributed by atoms with Crippen molar-refractivity contribution in [3.63, 3.8) is 0 Å². The summed E-state index contributed by atoms with van der Waals surface area (Å²) < 4.78 is 157. The standard InChI is InChI=1S/C57H50N4O/c1-57(2,3)34-48-33-54(50-16-10-15-49-51-32-44(35-58)24-28-55(51)62-56(49)50)61-38-47(48)25-21-43-30-41(19-17-39-22-26-52(59-36-39)45-11-6-4-7-12-45)29-42(31-43)20-18-40-23-27-53(60-37-40)46-13-8-5-9-14-46/h4-16,22-24,26-33,36-38H,17-21,25,34H2,1-3H3/i17D2,18D2,19D2,20D2,21D2,24D,25D2,32D,34D2. The second-order valence-electron chi connectivity index (χ2n) is 15.6. The number of aromatic nitrogens is 3. The number of hydrogen-bond acceptors (Lipinski definition) is 5. The highest BCUT2D eigenvalue weighted by atomic mass is 16.3.